The van der Waals surface area contributed by atoms with Crippen molar-refractivity contribution in [3.05, 3.63) is 17.5 Å². The minimum Gasteiger partial charge on any atom is -0.467 e. The summed E-state index contributed by atoms with van der Waals surface area (Å²) in [6.45, 7) is 0. The summed E-state index contributed by atoms with van der Waals surface area (Å²) in [5.74, 6) is -1.79. The maximum Gasteiger partial charge on any atom is 0.356 e. The Kier molecular flexibility index (Phi) is 4.18. The topological polar surface area (TPSA) is 122 Å². The van der Waals surface area contributed by atoms with Crippen LogP contribution in [0.5, 0.6) is 0 Å². The smallest absolute Gasteiger partial charge is 0.356 e. The van der Waals surface area contributed by atoms with Gasteiger partial charge in [0, 0.05) is 5.56 Å². The number of esters is 2. The lowest BCUT2D eigenvalue weighted by Gasteiger charge is -2.15. The quantitative estimate of drug-likeness (QED) is 0.566. The summed E-state index contributed by atoms with van der Waals surface area (Å²) in [5, 5.41) is 24.9. The van der Waals surface area contributed by atoms with Crippen LogP contribution in [0.2, 0.25) is 0 Å². The molecule has 0 aliphatic carbocycles. The van der Waals surface area contributed by atoms with Crippen molar-refractivity contribution in [1.29, 1.82) is 0 Å². The maximum atomic E-state index is 11.3. The number of carbonyl (C=O) groups excluding carboxylic acids is 2. The second-order valence-corrected chi connectivity index (χ2v) is 3.10. The van der Waals surface area contributed by atoms with Gasteiger partial charge in [0.05, 0.1) is 20.4 Å². The number of rotatable bonds is 4. The van der Waals surface area contributed by atoms with Gasteiger partial charge in [0.1, 0.15) is 11.8 Å². The zero-order chi connectivity index (χ0) is 13.0. The van der Waals surface area contributed by atoms with Crippen LogP contribution in [0.15, 0.2) is 6.20 Å². The van der Waals surface area contributed by atoms with Gasteiger partial charge < -0.3 is 19.7 Å². The van der Waals surface area contributed by atoms with E-state index in [4.69, 9.17) is 0 Å². The van der Waals surface area contributed by atoms with Gasteiger partial charge in [-0.2, -0.15) is 5.10 Å². The van der Waals surface area contributed by atoms with E-state index in [1.165, 1.54) is 0 Å². The van der Waals surface area contributed by atoms with Crippen LogP contribution < -0.4 is 0 Å². The molecule has 8 nitrogen and oxygen atoms in total. The second kappa shape index (κ2) is 5.41. The summed E-state index contributed by atoms with van der Waals surface area (Å²) in [4.78, 5) is 22.3. The summed E-state index contributed by atoms with van der Waals surface area (Å²) in [5.41, 5.74) is -0.183. The Hall–Kier alpha value is -1.93. The minimum atomic E-state index is -1.80. The van der Waals surface area contributed by atoms with E-state index in [-0.39, 0.29) is 11.3 Å². The predicted molar refractivity (Wildman–Crippen MR) is 52.9 cm³/mol. The van der Waals surface area contributed by atoms with Crippen molar-refractivity contribution >= 4 is 11.9 Å². The molecule has 1 aromatic heterocycles. The number of methoxy groups -OCH3 is 2. The molecular formula is C9H12N2O6. The Bertz CT molecular complexity index is 415. The van der Waals surface area contributed by atoms with E-state index in [1.54, 1.807) is 0 Å². The van der Waals surface area contributed by atoms with Crippen molar-refractivity contribution < 1.29 is 29.3 Å². The third-order valence-electron chi connectivity index (χ3n) is 2.12. The van der Waals surface area contributed by atoms with Crippen molar-refractivity contribution in [2.45, 2.75) is 12.2 Å². The number of nitrogens with zero attached hydrogens (tertiary/aromatic N) is 1. The average molecular weight is 244 g/mol. The number of aromatic nitrogens is 2. The molecule has 1 rings (SSSR count). The maximum absolute atomic E-state index is 11.3. The Labute approximate surface area is 96.2 Å². The van der Waals surface area contributed by atoms with Gasteiger partial charge in [-0.05, 0) is 0 Å². The molecule has 0 spiro atoms. The first-order valence-electron chi connectivity index (χ1n) is 4.58. The van der Waals surface area contributed by atoms with Crippen molar-refractivity contribution in [2.24, 2.45) is 0 Å². The fraction of sp³-hybridized carbons (Fsp3) is 0.444. The van der Waals surface area contributed by atoms with Crippen LogP contribution in [0.1, 0.15) is 22.2 Å². The highest BCUT2D eigenvalue weighted by molar-refractivity contribution is 5.89. The number of ether oxygens (including phenoxy) is 2. The van der Waals surface area contributed by atoms with Gasteiger partial charge in [0.15, 0.2) is 6.10 Å². The zero-order valence-electron chi connectivity index (χ0n) is 9.21. The number of aliphatic hydroxyl groups excluding tert-OH is 2. The van der Waals surface area contributed by atoms with E-state index in [1.807, 2.05) is 0 Å². The molecule has 3 N–H and O–H groups in total. The molecule has 94 valence electrons. The van der Waals surface area contributed by atoms with Gasteiger partial charge in [0.2, 0.25) is 0 Å². The zero-order valence-corrected chi connectivity index (χ0v) is 9.21. The SMILES string of the molecule is COC(=O)c1[nH]ncc1C(O)C(O)C(=O)OC. The van der Waals surface area contributed by atoms with Crippen LogP contribution in [0.4, 0.5) is 0 Å². The monoisotopic (exact) mass is 244 g/mol. The summed E-state index contributed by atoms with van der Waals surface area (Å²) in [7, 11) is 2.21. The van der Waals surface area contributed by atoms with Gasteiger partial charge in [-0.25, -0.2) is 9.59 Å². The van der Waals surface area contributed by atoms with Crippen LogP contribution >= 0.6 is 0 Å². The highest BCUT2D eigenvalue weighted by Crippen LogP contribution is 2.20. The van der Waals surface area contributed by atoms with Crippen LogP contribution in [0, 0.1) is 0 Å². The molecule has 8 heteroatoms. The first-order valence-corrected chi connectivity index (χ1v) is 4.58. The van der Waals surface area contributed by atoms with Crippen LogP contribution in [0.25, 0.3) is 0 Å². The van der Waals surface area contributed by atoms with Gasteiger partial charge >= 0.3 is 11.9 Å². The fourth-order valence-corrected chi connectivity index (χ4v) is 1.20. The number of hydrogen-bond donors (Lipinski definition) is 3. The van der Waals surface area contributed by atoms with Gasteiger partial charge in [-0.15, -0.1) is 0 Å². The van der Waals surface area contributed by atoms with E-state index < -0.39 is 24.1 Å². The van der Waals surface area contributed by atoms with Gasteiger partial charge in [-0.3, -0.25) is 5.10 Å². The number of aromatic amines is 1. The van der Waals surface area contributed by atoms with Gasteiger partial charge in [0.25, 0.3) is 0 Å². The molecule has 0 radical (unpaired) electrons. The molecule has 0 aliphatic rings. The van der Waals surface area contributed by atoms with Crippen molar-refractivity contribution in [3.8, 4) is 0 Å². The summed E-state index contributed by atoms with van der Waals surface area (Å²) in [6, 6.07) is 0. The predicted octanol–water partition coefficient (Wildman–Crippen LogP) is -1.24. The number of carbonyl (C=O) groups is 2. The molecule has 17 heavy (non-hydrogen) atoms. The minimum absolute atomic E-state index is 0.0465. The molecule has 2 atom stereocenters. The van der Waals surface area contributed by atoms with E-state index in [0.29, 0.717) is 0 Å². The van der Waals surface area contributed by atoms with Crippen molar-refractivity contribution in [2.75, 3.05) is 14.2 Å². The summed E-state index contributed by atoms with van der Waals surface area (Å²) in [6.07, 6.45) is -2.32. The average Bonchev–Trinajstić information content (AvgIpc) is 2.83. The van der Waals surface area contributed by atoms with E-state index >= 15 is 0 Å². The van der Waals surface area contributed by atoms with Crippen molar-refractivity contribution in [1.82, 2.24) is 10.2 Å². The largest absolute Gasteiger partial charge is 0.467 e. The molecule has 0 aromatic carbocycles. The molecule has 2 unspecified atom stereocenters. The lowest BCUT2D eigenvalue weighted by molar-refractivity contribution is -0.156. The lowest BCUT2D eigenvalue weighted by atomic mass is 10.1. The molecule has 1 heterocycles. The molecule has 0 bridgehead atoms. The molecule has 1 aromatic rings. The van der Waals surface area contributed by atoms with Crippen LogP contribution in [0.3, 0.4) is 0 Å². The lowest BCUT2D eigenvalue weighted by Crippen LogP contribution is -2.29. The Morgan fingerprint density at radius 3 is 2.53 bits per heavy atom. The number of H-pyrrole nitrogens is 1. The summed E-state index contributed by atoms with van der Waals surface area (Å²) >= 11 is 0. The molecular weight excluding hydrogens is 232 g/mol. The molecule has 0 saturated carbocycles. The van der Waals surface area contributed by atoms with E-state index in [2.05, 4.69) is 19.7 Å². The molecule has 0 fully saturated rings. The van der Waals surface area contributed by atoms with Crippen LogP contribution in [-0.2, 0) is 14.3 Å². The number of aliphatic hydroxyl groups is 2. The van der Waals surface area contributed by atoms with Crippen molar-refractivity contribution in [3.63, 3.8) is 0 Å². The Morgan fingerprint density at radius 2 is 2.00 bits per heavy atom. The Balaban J connectivity index is 2.96. The van der Waals surface area contributed by atoms with Gasteiger partial charge in [-0.1, -0.05) is 0 Å². The third-order valence-corrected chi connectivity index (χ3v) is 2.12. The van der Waals surface area contributed by atoms with Crippen LogP contribution in [-0.4, -0.2) is 52.7 Å². The molecule has 0 amide bonds. The normalized spacial score (nSPS) is 13.9. The molecule has 0 aliphatic heterocycles. The first kappa shape index (κ1) is 13.1. The fourth-order valence-electron chi connectivity index (χ4n) is 1.20. The summed E-state index contributed by atoms with van der Waals surface area (Å²) < 4.78 is 8.70. The number of nitrogens with one attached hydrogen (secondary N) is 1. The third kappa shape index (κ3) is 2.60. The van der Waals surface area contributed by atoms with E-state index in [0.717, 1.165) is 20.4 Å². The first-order chi connectivity index (χ1) is 8.02. The standard InChI is InChI=1S/C9H12N2O6/c1-16-8(14)5-4(3-10-11-5)6(12)7(13)9(15)17-2/h3,6-7,12-13H,1-2H3,(H,10,11). The number of hydrogen-bond acceptors (Lipinski definition) is 7. The highest BCUT2D eigenvalue weighted by Gasteiger charge is 2.31. The molecule has 0 saturated heterocycles. The second-order valence-electron chi connectivity index (χ2n) is 3.10. The Morgan fingerprint density at radius 1 is 1.35 bits per heavy atom. The van der Waals surface area contributed by atoms with E-state index in [9.17, 15) is 19.8 Å². The highest BCUT2D eigenvalue weighted by atomic mass is 16.5.